The van der Waals surface area contributed by atoms with E-state index >= 15 is 0 Å². The standard InChI is InChI=1S/C14H20N2O2.2ClH/c1-2-3-13(16-8-6-15-7-9-16)12-5-4-11(17)10-14(12)18;;/h2,4-5,10,13,15,17-18H,1,3,6-9H2;2*1H/t13-;;/m1../s1. The van der Waals surface area contributed by atoms with Crippen LogP contribution in [0.2, 0.25) is 0 Å². The van der Waals surface area contributed by atoms with Crippen LogP contribution in [0.15, 0.2) is 30.9 Å². The van der Waals surface area contributed by atoms with Gasteiger partial charge in [0.1, 0.15) is 11.5 Å². The molecule has 0 spiro atoms. The molecule has 6 heteroatoms. The van der Waals surface area contributed by atoms with Crippen LogP contribution in [0.5, 0.6) is 11.5 Å². The van der Waals surface area contributed by atoms with E-state index in [9.17, 15) is 10.2 Å². The highest BCUT2D eigenvalue weighted by Crippen LogP contribution is 2.33. The molecule has 0 aliphatic carbocycles. The molecule has 1 atom stereocenters. The van der Waals surface area contributed by atoms with Crippen molar-refractivity contribution in [3.8, 4) is 11.5 Å². The molecule has 0 amide bonds. The first kappa shape index (κ1) is 19.1. The van der Waals surface area contributed by atoms with E-state index in [1.165, 1.54) is 6.07 Å². The van der Waals surface area contributed by atoms with E-state index in [1.54, 1.807) is 12.1 Å². The lowest BCUT2D eigenvalue weighted by Crippen LogP contribution is -2.45. The fourth-order valence-electron chi connectivity index (χ4n) is 2.44. The highest BCUT2D eigenvalue weighted by molar-refractivity contribution is 5.85. The van der Waals surface area contributed by atoms with E-state index in [0.29, 0.717) is 0 Å². The normalized spacial score (nSPS) is 16.6. The summed E-state index contributed by atoms with van der Waals surface area (Å²) in [6, 6.07) is 4.94. The van der Waals surface area contributed by atoms with Crippen LogP contribution in [-0.4, -0.2) is 41.3 Å². The molecule has 1 aromatic rings. The summed E-state index contributed by atoms with van der Waals surface area (Å²) in [6.07, 6.45) is 2.66. The van der Waals surface area contributed by atoms with Crippen molar-refractivity contribution in [3.63, 3.8) is 0 Å². The molecule has 3 N–H and O–H groups in total. The van der Waals surface area contributed by atoms with Gasteiger partial charge in [-0.3, -0.25) is 4.90 Å². The van der Waals surface area contributed by atoms with Gasteiger partial charge in [-0.05, 0) is 12.5 Å². The third-order valence-electron chi connectivity index (χ3n) is 3.36. The van der Waals surface area contributed by atoms with Crippen molar-refractivity contribution in [1.82, 2.24) is 10.2 Å². The number of rotatable bonds is 4. The van der Waals surface area contributed by atoms with Gasteiger partial charge < -0.3 is 15.5 Å². The summed E-state index contributed by atoms with van der Waals surface area (Å²) in [5.74, 6) is 0.245. The largest absolute Gasteiger partial charge is 0.508 e. The van der Waals surface area contributed by atoms with Crippen molar-refractivity contribution < 1.29 is 10.2 Å². The molecule has 1 aromatic carbocycles. The van der Waals surface area contributed by atoms with Gasteiger partial charge in [0.25, 0.3) is 0 Å². The Morgan fingerprint density at radius 2 is 1.90 bits per heavy atom. The fraction of sp³-hybridized carbons (Fsp3) is 0.429. The van der Waals surface area contributed by atoms with Crippen molar-refractivity contribution in [2.75, 3.05) is 26.2 Å². The molecule has 114 valence electrons. The number of piperazine rings is 1. The molecule has 20 heavy (non-hydrogen) atoms. The minimum atomic E-state index is 0. The Morgan fingerprint density at radius 1 is 1.25 bits per heavy atom. The van der Waals surface area contributed by atoms with E-state index in [0.717, 1.165) is 38.2 Å². The van der Waals surface area contributed by atoms with Crippen LogP contribution in [0.25, 0.3) is 0 Å². The molecule has 0 unspecified atom stereocenters. The van der Waals surface area contributed by atoms with Crippen LogP contribution in [0.1, 0.15) is 18.0 Å². The number of hydrogen-bond donors (Lipinski definition) is 3. The molecule has 1 aliphatic heterocycles. The monoisotopic (exact) mass is 320 g/mol. The zero-order chi connectivity index (χ0) is 13.0. The van der Waals surface area contributed by atoms with Crippen LogP contribution < -0.4 is 5.32 Å². The predicted molar refractivity (Wildman–Crippen MR) is 86.3 cm³/mol. The van der Waals surface area contributed by atoms with E-state index in [2.05, 4.69) is 16.8 Å². The molecule has 0 bridgehead atoms. The van der Waals surface area contributed by atoms with Crippen molar-refractivity contribution in [2.45, 2.75) is 12.5 Å². The average molecular weight is 321 g/mol. The summed E-state index contributed by atoms with van der Waals surface area (Å²) >= 11 is 0. The summed E-state index contributed by atoms with van der Waals surface area (Å²) in [5.41, 5.74) is 0.856. The van der Waals surface area contributed by atoms with Gasteiger partial charge in [0.05, 0.1) is 0 Å². The van der Waals surface area contributed by atoms with E-state index in [-0.39, 0.29) is 42.4 Å². The lowest BCUT2D eigenvalue weighted by molar-refractivity contribution is 0.172. The second-order valence-electron chi connectivity index (χ2n) is 4.57. The van der Waals surface area contributed by atoms with Gasteiger partial charge in [0.15, 0.2) is 0 Å². The van der Waals surface area contributed by atoms with Crippen molar-refractivity contribution in [3.05, 3.63) is 36.4 Å². The highest BCUT2D eigenvalue weighted by atomic mass is 35.5. The Hall–Kier alpha value is -0.940. The molecule has 1 saturated heterocycles. The topological polar surface area (TPSA) is 55.7 Å². The Labute approximate surface area is 132 Å². The lowest BCUT2D eigenvalue weighted by Gasteiger charge is -2.35. The first-order valence-electron chi connectivity index (χ1n) is 6.30. The Balaban J connectivity index is 0.00000180. The predicted octanol–water partition coefficient (Wildman–Crippen LogP) is 2.46. The van der Waals surface area contributed by atoms with E-state index in [4.69, 9.17) is 0 Å². The summed E-state index contributed by atoms with van der Waals surface area (Å²) in [4.78, 5) is 2.34. The summed E-state index contributed by atoms with van der Waals surface area (Å²) < 4.78 is 0. The van der Waals surface area contributed by atoms with E-state index < -0.39 is 0 Å². The quantitative estimate of drug-likeness (QED) is 0.746. The number of phenolic OH excluding ortho intramolecular Hbond substituents is 2. The molecule has 0 saturated carbocycles. The van der Waals surface area contributed by atoms with Gasteiger partial charge in [-0.25, -0.2) is 0 Å². The maximum Gasteiger partial charge on any atom is 0.124 e. The third kappa shape index (κ3) is 4.56. The average Bonchev–Trinajstić information content (AvgIpc) is 2.38. The molecule has 1 aliphatic rings. The number of nitrogens with one attached hydrogen (secondary N) is 1. The minimum Gasteiger partial charge on any atom is -0.508 e. The lowest BCUT2D eigenvalue weighted by atomic mass is 10.00. The second kappa shape index (κ2) is 9.08. The van der Waals surface area contributed by atoms with Crippen LogP contribution >= 0.6 is 24.8 Å². The van der Waals surface area contributed by atoms with Crippen LogP contribution in [0, 0.1) is 0 Å². The van der Waals surface area contributed by atoms with Crippen LogP contribution in [0.3, 0.4) is 0 Å². The first-order chi connectivity index (χ1) is 8.72. The third-order valence-corrected chi connectivity index (χ3v) is 3.36. The Bertz CT molecular complexity index is 424. The van der Waals surface area contributed by atoms with E-state index in [1.807, 2.05) is 6.08 Å². The number of aromatic hydroxyl groups is 2. The molecule has 1 heterocycles. The van der Waals surface area contributed by atoms with Gasteiger partial charge in [0.2, 0.25) is 0 Å². The minimum absolute atomic E-state index is 0. The van der Waals surface area contributed by atoms with Crippen molar-refractivity contribution in [1.29, 1.82) is 0 Å². The van der Waals surface area contributed by atoms with Crippen molar-refractivity contribution >= 4 is 24.8 Å². The SMILES string of the molecule is C=CC[C@H](c1ccc(O)cc1O)N1CCNCC1.Cl.Cl. The smallest absolute Gasteiger partial charge is 0.124 e. The molecular weight excluding hydrogens is 299 g/mol. The van der Waals surface area contributed by atoms with Crippen LogP contribution in [-0.2, 0) is 0 Å². The number of halogens is 2. The first-order valence-corrected chi connectivity index (χ1v) is 6.30. The van der Waals surface area contributed by atoms with Gasteiger partial charge >= 0.3 is 0 Å². The second-order valence-corrected chi connectivity index (χ2v) is 4.57. The zero-order valence-corrected chi connectivity index (χ0v) is 12.9. The number of nitrogens with zero attached hydrogens (tertiary/aromatic N) is 1. The maximum absolute atomic E-state index is 9.98. The molecule has 4 nitrogen and oxygen atoms in total. The zero-order valence-electron chi connectivity index (χ0n) is 11.3. The van der Waals surface area contributed by atoms with Crippen LogP contribution in [0.4, 0.5) is 0 Å². The van der Waals surface area contributed by atoms with Gasteiger partial charge in [-0.15, -0.1) is 31.4 Å². The molecule has 2 rings (SSSR count). The fourth-order valence-corrected chi connectivity index (χ4v) is 2.44. The number of hydrogen-bond acceptors (Lipinski definition) is 4. The molecule has 0 radical (unpaired) electrons. The van der Waals surface area contributed by atoms with Gasteiger partial charge in [-0.2, -0.15) is 0 Å². The maximum atomic E-state index is 9.98. The van der Waals surface area contributed by atoms with Gasteiger partial charge in [-0.1, -0.05) is 12.1 Å². The highest BCUT2D eigenvalue weighted by Gasteiger charge is 2.23. The molecule has 0 aromatic heterocycles. The summed E-state index contributed by atoms with van der Waals surface area (Å²) in [7, 11) is 0. The molecule has 1 fully saturated rings. The summed E-state index contributed by atoms with van der Waals surface area (Å²) in [6.45, 7) is 7.64. The Morgan fingerprint density at radius 3 is 2.45 bits per heavy atom. The number of phenols is 2. The Kier molecular flexibility index (Phi) is 8.65. The number of benzene rings is 1. The van der Waals surface area contributed by atoms with Crippen molar-refractivity contribution in [2.24, 2.45) is 0 Å². The van der Waals surface area contributed by atoms with Gasteiger partial charge in [0, 0.05) is 43.9 Å². The molecular formula is C14H22Cl2N2O2. The summed E-state index contributed by atoms with van der Waals surface area (Å²) in [5, 5.41) is 22.7.